The number of carboxylic acids is 1. The summed E-state index contributed by atoms with van der Waals surface area (Å²) in [7, 11) is 0. The molecular weight excluding hydrogens is 320 g/mol. The van der Waals surface area contributed by atoms with Gasteiger partial charge in [-0.15, -0.1) is 0 Å². The van der Waals surface area contributed by atoms with Crippen LogP contribution in [0.5, 0.6) is 0 Å². The van der Waals surface area contributed by atoms with E-state index in [1.807, 2.05) is 6.08 Å². The minimum absolute atomic E-state index is 0.0861. The van der Waals surface area contributed by atoms with Crippen molar-refractivity contribution in [2.45, 2.75) is 89.8 Å². The van der Waals surface area contributed by atoms with Gasteiger partial charge in [0.25, 0.3) is 0 Å². The van der Waals surface area contributed by atoms with Crippen LogP contribution in [0.2, 0.25) is 0 Å². The smallest absolute Gasteiger partial charge is 0.303 e. The summed E-state index contributed by atoms with van der Waals surface area (Å²) in [6.07, 6.45) is 13.8. The van der Waals surface area contributed by atoms with E-state index in [0.717, 1.165) is 6.42 Å². The summed E-state index contributed by atoms with van der Waals surface area (Å²) in [5, 5.41) is 27.9. The van der Waals surface area contributed by atoms with Gasteiger partial charge in [0.05, 0.1) is 6.10 Å². The van der Waals surface area contributed by atoms with Gasteiger partial charge in [-0.3, -0.25) is 9.59 Å². The SMILES string of the molecule is CCCCCCCC/C=C\C/C=C\C(=O)C(O)C(O)CCCC(=O)O. The zero-order chi connectivity index (χ0) is 18.9. The van der Waals surface area contributed by atoms with Gasteiger partial charge in [0.1, 0.15) is 6.10 Å². The number of aliphatic hydroxyl groups excluding tert-OH is 2. The first kappa shape index (κ1) is 23.5. The van der Waals surface area contributed by atoms with Crippen LogP contribution in [0.3, 0.4) is 0 Å². The molecule has 0 saturated heterocycles. The second kappa shape index (κ2) is 16.0. The number of aliphatic carboxylic acids is 1. The van der Waals surface area contributed by atoms with E-state index in [0.29, 0.717) is 6.42 Å². The van der Waals surface area contributed by atoms with Crippen LogP contribution in [0, 0.1) is 0 Å². The van der Waals surface area contributed by atoms with E-state index in [2.05, 4.69) is 13.0 Å². The predicted molar refractivity (Wildman–Crippen MR) is 99.4 cm³/mol. The maximum atomic E-state index is 11.7. The zero-order valence-electron chi connectivity index (χ0n) is 15.4. The Morgan fingerprint density at radius 2 is 1.60 bits per heavy atom. The van der Waals surface area contributed by atoms with Crippen LogP contribution in [0.15, 0.2) is 24.3 Å². The highest BCUT2D eigenvalue weighted by Crippen LogP contribution is 2.08. The number of carbonyl (C=O) groups excluding carboxylic acids is 1. The predicted octanol–water partition coefficient (Wildman–Crippen LogP) is 3.79. The number of hydrogen-bond acceptors (Lipinski definition) is 4. The Morgan fingerprint density at radius 1 is 0.920 bits per heavy atom. The molecule has 5 heteroatoms. The first-order chi connectivity index (χ1) is 12.0. The summed E-state index contributed by atoms with van der Waals surface area (Å²) in [6.45, 7) is 2.21. The average molecular weight is 354 g/mol. The Balaban J connectivity index is 3.79. The maximum Gasteiger partial charge on any atom is 0.303 e. The lowest BCUT2D eigenvalue weighted by Crippen LogP contribution is -2.32. The zero-order valence-corrected chi connectivity index (χ0v) is 15.4. The van der Waals surface area contributed by atoms with Gasteiger partial charge in [0.15, 0.2) is 5.78 Å². The molecule has 0 aromatic rings. The monoisotopic (exact) mass is 354 g/mol. The summed E-state index contributed by atoms with van der Waals surface area (Å²) < 4.78 is 0. The third-order valence-electron chi connectivity index (χ3n) is 3.99. The Hall–Kier alpha value is -1.46. The molecule has 0 rings (SSSR count). The first-order valence-electron chi connectivity index (χ1n) is 9.42. The van der Waals surface area contributed by atoms with Crippen molar-refractivity contribution in [3.8, 4) is 0 Å². The fraction of sp³-hybridized carbons (Fsp3) is 0.700. The van der Waals surface area contributed by atoms with Gasteiger partial charge in [0, 0.05) is 6.42 Å². The molecule has 3 N–H and O–H groups in total. The van der Waals surface area contributed by atoms with Gasteiger partial charge in [-0.1, -0.05) is 57.3 Å². The average Bonchev–Trinajstić information content (AvgIpc) is 2.58. The van der Waals surface area contributed by atoms with E-state index in [-0.39, 0.29) is 19.3 Å². The number of ketones is 1. The van der Waals surface area contributed by atoms with Crippen LogP contribution < -0.4 is 0 Å². The van der Waals surface area contributed by atoms with Crippen molar-refractivity contribution in [2.24, 2.45) is 0 Å². The summed E-state index contributed by atoms with van der Waals surface area (Å²) in [6, 6.07) is 0. The second-order valence-electron chi connectivity index (χ2n) is 6.37. The molecule has 0 spiro atoms. The minimum Gasteiger partial charge on any atom is -0.481 e. The van der Waals surface area contributed by atoms with Gasteiger partial charge in [-0.2, -0.15) is 0 Å². The van der Waals surface area contributed by atoms with Crippen molar-refractivity contribution in [2.75, 3.05) is 0 Å². The van der Waals surface area contributed by atoms with Crippen LogP contribution in [0.25, 0.3) is 0 Å². The summed E-state index contributed by atoms with van der Waals surface area (Å²) in [5.74, 6) is -1.51. The van der Waals surface area contributed by atoms with E-state index < -0.39 is 24.0 Å². The van der Waals surface area contributed by atoms with Crippen molar-refractivity contribution in [3.05, 3.63) is 24.3 Å². The number of allylic oxidation sites excluding steroid dienone is 3. The number of aliphatic hydroxyl groups is 2. The Morgan fingerprint density at radius 3 is 2.28 bits per heavy atom. The standard InChI is InChI=1S/C20H34O5/c1-2-3-4-5-6-7-8-9-10-11-12-14-17(21)20(25)18(22)15-13-16-19(23)24/h9-10,12,14,18,20,22,25H,2-8,11,13,15-16H2,1H3,(H,23,24)/b10-9-,14-12-. The molecule has 0 aliphatic carbocycles. The van der Waals surface area contributed by atoms with Crippen molar-refractivity contribution in [1.82, 2.24) is 0 Å². The van der Waals surface area contributed by atoms with Crippen molar-refractivity contribution < 1.29 is 24.9 Å². The molecule has 0 fully saturated rings. The third-order valence-corrected chi connectivity index (χ3v) is 3.99. The number of hydrogen-bond donors (Lipinski definition) is 3. The van der Waals surface area contributed by atoms with Crippen LogP contribution in [0.1, 0.15) is 77.6 Å². The quantitative estimate of drug-likeness (QED) is 0.223. The molecule has 2 unspecified atom stereocenters. The summed E-state index contributed by atoms with van der Waals surface area (Å²) >= 11 is 0. The molecule has 0 amide bonds. The highest BCUT2D eigenvalue weighted by Gasteiger charge is 2.21. The molecule has 2 atom stereocenters. The van der Waals surface area contributed by atoms with Crippen LogP contribution in [-0.4, -0.2) is 39.3 Å². The normalized spacial score (nSPS) is 14.2. The van der Waals surface area contributed by atoms with Crippen molar-refractivity contribution in [3.63, 3.8) is 0 Å². The molecule has 0 aromatic carbocycles. The van der Waals surface area contributed by atoms with Gasteiger partial charge in [0.2, 0.25) is 0 Å². The lowest BCUT2D eigenvalue weighted by Gasteiger charge is -2.14. The molecule has 0 aliphatic rings. The fourth-order valence-electron chi connectivity index (χ4n) is 2.43. The second-order valence-corrected chi connectivity index (χ2v) is 6.37. The van der Waals surface area contributed by atoms with Crippen molar-refractivity contribution in [1.29, 1.82) is 0 Å². The van der Waals surface area contributed by atoms with Gasteiger partial charge < -0.3 is 15.3 Å². The number of carboxylic acid groups (broad SMARTS) is 1. The molecule has 0 saturated carbocycles. The number of carbonyl (C=O) groups is 2. The lowest BCUT2D eigenvalue weighted by atomic mass is 10.0. The van der Waals surface area contributed by atoms with Crippen LogP contribution >= 0.6 is 0 Å². The van der Waals surface area contributed by atoms with E-state index >= 15 is 0 Å². The largest absolute Gasteiger partial charge is 0.481 e. The number of unbranched alkanes of at least 4 members (excludes halogenated alkanes) is 6. The summed E-state index contributed by atoms with van der Waals surface area (Å²) in [4.78, 5) is 22.1. The molecule has 25 heavy (non-hydrogen) atoms. The Labute approximate surface area is 151 Å². The van der Waals surface area contributed by atoms with Crippen LogP contribution in [0.4, 0.5) is 0 Å². The molecule has 0 radical (unpaired) electrons. The van der Waals surface area contributed by atoms with E-state index in [9.17, 15) is 19.8 Å². The molecule has 0 bridgehead atoms. The fourth-order valence-corrected chi connectivity index (χ4v) is 2.43. The molecule has 0 heterocycles. The van der Waals surface area contributed by atoms with E-state index in [1.165, 1.54) is 44.6 Å². The van der Waals surface area contributed by atoms with E-state index in [1.54, 1.807) is 6.08 Å². The molecule has 0 aromatic heterocycles. The third kappa shape index (κ3) is 14.6. The first-order valence-corrected chi connectivity index (χ1v) is 9.42. The Kier molecular flexibility index (Phi) is 15.1. The highest BCUT2D eigenvalue weighted by molar-refractivity contribution is 5.93. The Bertz CT molecular complexity index is 414. The lowest BCUT2D eigenvalue weighted by molar-refractivity contribution is -0.137. The highest BCUT2D eigenvalue weighted by atomic mass is 16.4. The molecule has 144 valence electrons. The summed E-state index contributed by atoms with van der Waals surface area (Å²) in [5.41, 5.74) is 0. The van der Waals surface area contributed by atoms with E-state index in [4.69, 9.17) is 5.11 Å². The van der Waals surface area contributed by atoms with Gasteiger partial charge >= 0.3 is 5.97 Å². The minimum atomic E-state index is -1.49. The van der Waals surface area contributed by atoms with Crippen molar-refractivity contribution >= 4 is 11.8 Å². The maximum absolute atomic E-state index is 11.7. The molecule has 5 nitrogen and oxygen atoms in total. The van der Waals surface area contributed by atoms with Gasteiger partial charge in [-0.05, 0) is 38.2 Å². The molecular formula is C20H34O5. The number of rotatable bonds is 16. The molecule has 0 aliphatic heterocycles. The van der Waals surface area contributed by atoms with Gasteiger partial charge in [-0.25, -0.2) is 0 Å². The topological polar surface area (TPSA) is 94.8 Å². The van der Waals surface area contributed by atoms with Crippen LogP contribution in [-0.2, 0) is 9.59 Å².